The van der Waals surface area contributed by atoms with Crippen molar-refractivity contribution in [3.05, 3.63) is 47.5 Å². The number of anilines is 1. The number of nitrogens with one attached hydrogen (secondary N) is 1. The van der Waals surface area contributed by atoms with Crippen LogP contribution >= 0.6 is 0 Å². The number of hydrogen-bond donors (Lipinski definition) is 2. The van der Waals surface area contributed by atoms with E-state index in [-0.39, 0.29) is 17.2 Å². The summed E-state index contributed by atoms with van der Waals surface area (Å²) >= 11 is 0. The molecule has 0 spiro atoms. The summed E-state index contributed by atoms with van der Waals surface area (Å²) in [7, 11) is 1.40. The molecular formula is C17H17F4N5O2. The monoisotopic (exact) mass is 399 g/mol. The summed E-state index contributed by atoms with van der Waals surface area (Å²) in [4.78, 5) is 8.05. The van der Waals surface area contributed by atoms with E-state index in [9.17, 15) is 22.7 Å². The van der Waals surface area contributed by atoms with Gasteiger partial charge in [-0.3, -0.25) is 0 Å². The Kier molecular flexibility index (Phi) is 4.88. The van der Waals surface area contributed by atoms with E-state index in [1.807, 2.05) is 0 Å². The van der Waals surface area contributed by atoms with Gasteiger partial charge in [-0.25, -0.2) is 4.39 Å². The first-order valence-electron chi connectivity index (χ1n) is 8.11. The largest absolute Gasteiger partial charge is 0.481 e. The minimum atomic E-state index is -4.81. The number of fused-ring (bicyclic) bond motifs is 1. The molecular weight excluding hydrogens is 382 g/mol. The van der Waals surface area contributed by atoms with Gasteiger partial charge in [0.2, 0.25) is 5.88 Å². The van der Waals surface area contributed by atoms with Crippen molar-refractivity contribution in [1.29, 1.82) is 0 Å². The third-order valence-electron chi connectivity index (χ3n) is 4.07. The van der Waals surface area contributed by atoms with Gasteiger partial charge < -0.3 is 15.2 Å². The summed E-state index contributed by atoms with van der Waals surface area (Å²) in [6, 6.07) is 2.99. The Morgan fingerprint density at radius 1 is 1.21 bits per heavy atom. The molecule has 0 saturated carbocycles. The lowest BCUT2D eigenvalue weighted by Crippen LogP contribution is -2.35. The van der Waals surface area contributed by atoms with E-state index in [1.54, 1.807) is 0 Å². The van der Waals surface area contributed by atoms with Crippen LogP contribution in [0.5, 0.6) is 5.88 Å². The molecule has 28 heavy (non-hydrogen) atoms. The quantitative estimate of drug-likeness (QED) is 0.641. The maximum absolute atomic E-state index is 14.1. The van der Waals surface area contributed by atoms with Gasteiger partial charge in [0.1, 0.15) is 18.0 Å². The fourth-order valence-corrected chi connectivity index (χ4v) is 2.75. The SMILES string of the molecule is COc1cc(N[C@@H](c2ccc(C(F)(F)F)c(F)c2)C(C)(C)O)n2ncnc2n1. The smallest absolute Gasteiger partial charge is 0.419 e. The highest BCUT2D eigenvalue weighted by Gasteiger charge is 2.36. The van der Waals surface area contributed by atoms with Crippen molar-refractivity contribution in [3.8, 4) is 5.88 Å². The second kappa shape index (κ2) is 6.89. The van der Waals surface area contributed by atoms with Gasteiger partial charge in [-0.05, 0) is 31.5 Å². The van der Waals surface area contributed by atoms with E-state index < -0.39 is 29.2 Å². The molecule has 0 fully saturated rings. The normalized spacial score (nSPS) is 13.6. The van der Waals surface area contributed by atoms with E-state index >= 15 is 0 Å². The molecule has 2 N–H and O–H groups in total. The lowest BCUT2D eigenvalue weighted by molar-refractivity contribution is -0.140. The maximum Gasteiger partial charge on any atom is 0.419 e. The van der Waals surface area contributed by atoms with Crippen LogP contribution in [-0.4, -0.2) is 37.4 Å². The molecule has 0 aliphatic carbocycles. The Morgan fingerprint density at radius 2 is 1.93 bits per heavy atom. The van der Waals surface area contributed by atoms with Crippen molar-refractivity contribution in [3.63, 3.8) is 0 Å². The van der Waals surface area contributed by atoms with Gasteiger partial charge in [0.25, 0.3) is 5.78 Å². The number of aliphatic hydroxyl groups is 1. The molecule has 11 heteroatoms. The zero-order valence-corrected chi connectivity index (χ0v) is 15.1. The van der Waals surface area contributed by atoms with Crippen molar-refractivity contribution in [2.75, 3.05) is 12.4 Å². The van der Waals surface area contributed by atoms with Crippen LogP contribution in [0.25, 0.3) is 5.78 Å². The molecule has 0 amide bonds. The van der Waals surface area contributed by atoms with Crippen LogP contribution in [0.1, 0.15) is 31.0 Å². The topological polar surface area (TPSA) is 84.6 Å². The Morgan fingerprint density at radius 3 is 2.50 bits per heavy atom. The third kappa shape index (κ3) is 3.84. The Hall–Kier alpha value is -2.95. The number of alkyl halides is 3. The number of rotatable bonds is 5. The van der Waals surface area contributed by atoms with Crippen molar-refractivity contribution in [2.45, 2.75) is 31.7 Å². The van der Waals surface area contributed by atoms with Gasteiger partial charge in [0.15, 0.2) is 0 Å². The summed E-state index contributed by atoms with van der Waals surface area (Å²) in [6.45, 7) is 2.88. The summed E-state index contributed by atoms with van der Waals surface area (Å²) in [5.41, 5.74) is -2.74. The third-order valence-corrected chi connectivity index (χ3v) is 4.07. The first-order valence-corrected chi connectivity index (χ1v) is 8.11. The predicted molar refractivity (Wildman–Crippen MR) is 91.4 cm³/mol. The van der Waals surface area contributed by atoms with Gasteiger partial charge in [-0.15, -0.1) is 0 Å². The van der Waals surface area contributed by atoms with Gasteiger partial charge in [-0.1, -0.05) is 6.07 Å². The molecule has 0 radical (unpaired) electrons. The van der Waals surface area contributed by atoms with Crippen LogP contribution < -0.4 is 10.1 Å². The Balaban J connectivity index is 2.06. The van der Waals surface area contributed by atoms with Crippen LogP contribution in [0.3, 0.4) is 0 Å². The number of nitrogens with zero attached hydrogens (tertiary/aromatic N) is 4. The van der Waals surface area contributed by atoms with E-state index in [4.69, 9.17) is 4.74 Å². The fourth-order valence-electron chi connectivity index (χ4n) is 2.75. The predicted octanol–water partition coefficient (Wildman–Crippen LogP) is 3.21. The molecule has 0 saturated heterocycles. The summed E-state index contributed by atoms with van der Waals surface area (Å²) in [5.74, 6) is -0.725. The lowest BCUT2D eigenvalue weighted by Gasteiger charge is -2.31. The summed E-state index contributed by atoms with van der Waals surface area (Å²) in [5, 5.41) is 17.5. The van der Waals surface area contributed by atoms with Gasteiger partial charge in [0.05, 0.1) is 24.3 Å². The number of benzene rings is 1. The molecule has 0 unspecified atom stereocenters. The molecule has 3 aromatic rings. The second-order valence-electron chi connectivity index (χ2n) is 6.62. The van der Waals surface area contributed by atoms with E-state index in [2.05, 4.69) is 20.4 Å². The fraction of sp³-hybridized carbons (Fsp3) is 0.353. The van der Waals surface area contributed by atoms with Crippen LogP contribution in [0, 0.1) is 5.82 Å². The average molecular weight is 399 g/mol. The molecule has 2 aromatic heterocycles. The molecule has 150 valence electrons. The van der Waals surface area contributed by atoms with Crippen molar-refractivity contribution in [1.82, 2.24) is 19.6 Å². The van der Waals surface area contributed by atoms with Crippen LogP contribution in [-0.2, 0) is 6.18 Å². The molecule has 0 aliphatic rings. The minimum absolute atomic E-state index is 0.113. The lowest BCUT2D eigenvalue weighted by atomic mass is 9.91. The number of halogens is 4. The maximum atomic E-state index is 14.1. The molecule has 2 heterocycles. The van der Waals surface area contributed by atoms with Crippen LogP contribution in [0.4, 0.5) is 23.4 Å². The van der Waals surface area contributed by atoms with Crippen molar-refractivity contribution in [2.24, 2.45) is 0 Å². The van der Waals surface area contributed by atoms with Gasteiger partial charge >= 0.3 is 6.18 Å². The molecule has 7 nitrogen and oxygen atoms in total. The number of ether oxygens (including phenoxy) is 1. The molecule has 1 aromatic carbocycles. The minimum Gasteiger partial charge on any atom is -0.481 e. The number of aromatic nitrogens is 4. The number of methoxy groups -OCH3 is 1. The summed E-state index contributed by atoms with van der Waals surface area (Å²) < 4.78 is 59.0. The Labute approximate surface area is 157 Å². The highest BCUT2D eigenvalue weighted by Crippen LogP contribution is 2.35. The Bertz CT molecular complexity index is 997. The first kappa shape index (κ1) is 19.8. The van der Waals surface area contributed by atoms with Crippen LogP contribution in [0.2, 0.25) is 0 Å². The molecule has 0 aliphatic heterocycles. The average Bonchev–Trinajstić information content (AvgIpc) is 3.05. The van der Waals surface area contributed by atoms with Gasteiger partial charge in [-0.2, -0.15) is 32.8 Å². The zero-order chi connectivity index (χ0) is 20.7. The first-order chi connectivity index (χ1) is 13.0. The highest BCUT2D eigenvalue weighted by molar-refractivity contribution is 5.49. The number of hydrogen-bond acceptors (Lipinski definition) is 6. The van der Waals surface area contributed by atoms with Crippen molar-refractivity contribution < 1.29 is 27.4 Å². The second-order valence-corrected chi connectivity index (χ2v) is 6.62. The van der Waals surface area contributed by atoms with E-state index in [1.165, 1.54) is 37.9 Å². The molecule has 1 atom stereocenters. The molecule has 3 rings (SSSR count). The van der Waals surface area contributed by atoms with E-state index in [0.717, 1.165) is 12.1 Å². The molecule has 0 bridgehead atoms. The van der Waals surface area contributed by atoms with Crippen molar-refractivity contribution >= 4 is 11.6 Å². The van der Waals surface area contributed by atoms with E-state index in [0.29, 0.717) is 11.9 Å². The van der Waals surface area contributed by atoms with Gasteiger partial charge in [0, 0.05) is 6.07 Å². The zero-order valence-electron chi connectivity index (χ0n) is 15.1. The standard InChI is InChI=1S/C17H17F4N5O2/c1-16(2,27)14(9-4-5-10(11(18)6-9)17(19,20)21)24-12-7-13(28-3)25-15-22-8-23-26(12)15/h4-8,14,24,27H,1-3H3/t14-/m0/s1. The highest BCUT2D eigenvalue weighted by atomic mass is 19.4. The summed E-state index contributed by atoms with van der Waals surface area (Å²) in [6.07, 6.45) is -3.56. The van der Waals surface area contributed by atoms with Crippen LogP contribution in [0.15, 0.2) is 30.6 Å².